The molecule has 218 valence electrons. The van der Waals surface area contributed by atoms with E-state index >= 15 is 0 Å². The maximum atomic E-state index is 13.9. The fourth-order valence-corrected chi connectivity index (χ4v) is 7.30. The van der Waals surface area contributed by atoms with Crippen LogP contribution >= 0.6 is 0 Å². The number of rotatable bonds is 7. The van der Waals surface area contributed by atoms with Gasteiger partial charge < -0.3 is 23.9 Å². The second-order valence-electron chi connectivity index (χ2n) is 11.8. The molecule has 5 aliphatic heterocycles. The number of hydrogen-bond donors (Lipinski definition) is 0. The number of carbonyl (C=O) groups excluding carboxylic acids is 2. The number of esters is 1. The Balaban J connectivity index is 1.11. The Bertz CT molecular complexity index is 1210. The molecule has 1 aromatic carbocycles. The quantitative estimate of drug-likeness (QED) is 0.274. The van der Waals surface area contributed by atoms with Crippen molar-refractivity contribution in [3.8, 4) is 0 Å². The summed E-state index contributed by atoms with van der Waals surface area (Å²) in [6.07, 6.45) is 2.52. The average Bonchev–Trinajstić information content (AvgIpc) is 3.02. The maximum absolute atomic E-state index is 13.9. The predicted octanol–water partition coefficient (Wildman–Crippen LogP) is 4.44. The topological polar surface area (TPSA) is 105 Å². The molecule has 7 rings (SSSR count). The summed E-state index contributed by atoms with van der Waals surface area (Å²) in [6, 6.07) is 4.09. The van der Waals surface area contributed by atoms with E-state index in [0.29, 0.717) is 30.0 Å². The van der Waals surface area contributed by atoms with Gasteiger partial charge in [-0.05, 0) is 69.6 Å². The van der Waals surface area contributed by atoms with E-state index in [1.165, 1.54) is 23.1 Å². The standard InChI is InChI=1S/C29H37FN2O8/c1-5-35-31-24-19-15-18(30)9-11-22(19)32(25(24)34)14-6-7-23(33)36-26-17(3)21-10-8-16(2)20-12-13-28(4)38-27(37-26)29(20,21)40-39-28/h9,11,15-17,20-21,26-27H,5-8,10,12-14H2,1-4H3/t16-,17-,20+,21+,26?,27-,28-,29-/m1/s1. The molecule has 40 heavy (non-hydrogen) atoms. The minimum Gasteiger partial charge on any atom is -0.435 e. The van der Waals surface area contributed by atoms with E-state index < -0.39 is 41.7 Å². The second kappa shape index (κ2) is 10.3. The molecule has 1 amide bonds. The number of halogens is 1. The lowest BCUT2D eigenvalue weighted by molar-refractivity contribution is -0.576. The van der Waals surface area contributed by atoms with Crippen LogP contribution in [0.25, 0.3) is 0 Å². The molecule has 1 saturated carbocycles. The highest BCUT2D eigenvalue weighted by atomic mass is 19.1. The molecular weight excluding hydrogens is 523 g/mol. The Morgan fingerprint density at radius 3 is 2.83 bits per heavy atom. The Hall–Kier alpha value is -2.60. The third-order valence-corrected chi connectivity index (χ3v) is 9.34. The molecule has 5 heterocycles. The molecule has 0 N–H and O–H groups in total. The predicted molar refractivity (Wildman–Crippen MR) is 139 cm³/mol. The lowest BCUT2D eigenvalue weighted by atomic mass is 9.58. The molecule has 6 aliphatic rings. The van der Waals surface area contributed by atoms with Crippen LogP contribution in [0.1, 0.15) is 71.8 Å². The molecular formula is C29H37FN2O8. The number of hydrogen-bond acceptors (Lipinski definition) is 9. The normalized spacial score (nSPS) is 39.1. The van der Waals surface area contributed by atoms with Gasteiger partial charge in [0.1, 0.15) is 12.4 Å². The third kappa shape index (κ3) is 4.42. The van der Waals surface area contributed by atoms with Crippen LogP contribution in [0.3, 0.4) is 0 Å². The van der Waals surface area contributed by atoms with Gasteiger partial charge in [-0.15, -0.1) is 0 Å². The van der Waals surface area contributed by atoms with Crippen LogP contribution in [0, 0.1) is 29.5 Å². The molecule has 1 unspecified atom stereocenters. The van der Waals surface area contributed by atoms with Crippen LogP contribution < -0.4 is 4.90 Å². The minimum absolute atomic E-state index is 0.0509. The van der Waals surface area contributed by atoms with Crippen molar-refractivity contribution < 1.29 is 42.8 Å². The van der Waals surface area contributed by atoms with Gasteiger partial charge in [-0.3, -0.25) is 9.59 Å². The first-order valence-corrected chi connectivity index (χ1v) is 14.4. The summed E-state index contributed by atoms with van der Waals surface area (Å²) in [5.41, 5.74) is 0.233. The van der Waals surface area contributed by atoms with Crippen LogP contribution in [-0.4, -0.2) is 54.7 Å². The summed E-state index contributed by atoms with van der Waals surface area (Å²) < 4.78 is 32.4. The van der Waals surface area contributed by atoms with Gasteiger partial charge in [0.15, 0.2) is 17.6 Å². The van der Waals surface area contributed by atoms with Gasteiger partial charge in [0.2, 0.25) is 12.1 Å². The van der Waals surface area contributed by atoms with Gasteiger partial charge in [-0.2, -0.15) is 0 Å². The van der Waals surface area contributed by atoms with E-state index in [1.54, 1.807) is 6.92 Å². The molecule has 0 radical (unpaired) electrons. The SMILES string of the molecule is CCON=C1C(=O)N(CCCC(=O)OC2O[C@@H]3O[C@@]4(C)CC[C@H]5[C@H](C)CC[C@@H]([C@H]2C)[C@@]35OO4)c2ccc(F)cc21. The Morgan fingerprint density at radius 2 is 2.02 bits per heavy atom. The van der Waals surface area contributed by atoms with E-state index in [0.717, 1.165) is 19.3 Å². The van der Waals surface area contributed by atoms with Crippen molar-refractivity contribution in [1.29, 1.82) is 0 Å². The van der Waals surface area contributed by atoms with E-state index in [1.807, 2.05) is 13.8 Å². The summed E-state index contributed by atoms with van der Waals surface area (Å²) in [4.78, 5) is 44.5. The number of carbonyl (C=O) groups is 2. The van der Waals surface area contributed by atoms with Crippen molar-refractivity contribution in [3.05, 3.63) is 29.6 Å². The lowest BCUT2D eigenvalue weighted by Crippen LogP contribution is -2.70. The molecule has 10 nitrogen and oxygen atoms in total. The zero-order chi connectivity index (χ0) is 28.2. The molecule has 0 aromatic heterocycles. The zero-order valence-electron chi connectivity index (χ0n) is 23.4. The molecule has 1 spiro atoms. The van der Waals surface area contributed by atoms with Gasteiger partial charge in [-0.25, -0.2) is 14.2 Å². The summed E-state index contributed by atoms with van der Waals surface area (Å²) in [7, 11) is 0. The van der Waals surface area contributed by atoms with Crippen molar-refractivity contribution >= 4 is 23.3 Å². The first-order valence-electron chi connectivity index (χ1n) is 14.4. The number of nitrogens with zero attached hydrogens (tertiary/aromatic N) is 2. The van der Waals surface area contributed by atoms with E-state index in [4.69, 9.17) is 28.8 Å². The Morgan fingerprint density at radius 1 is 1.20 bits per heavy atom. The number of fused-ring (bicyclic) bond motifs is 3. The first-order chi connectivity index (χ1) is 19.2. The van der Waals surface area contributed by atoms with Gasteiger partial charge >= 0.3 is 5.97 Å². The summed E-state index contributed by atoms with van der Waals surface area (Å²) in [6.45, 7) is 8.40. The number of oxime groups is 1. The van der Waals surface area contributed by atoms with Crippen molar-refractivity contribution in [2.45, 2.75) is 90.2 Å². The molecule has 8 atom stereocenters. The third-order valence-electron chi connectivity index (χ3n) is 9.34. The van der Waals surface area contributed by atoms with E-state index in [2.05, 4.69) is 12.1 Å². The molecule has 1 aliphatic carbocycles. The molecule has 1 aromatic rings. The van der Waals surface area contributed by atoms with Crippen LogP contribution in [-0.2, 0) is 38.4 Å². The van der Waals surface area contributed by atoms with Gasteiger partial charge in [-0.1, -0.05) is 19.0 Å². The average molecular weight is 561 g/mol. The number of ether oxygens (including phenoxy) is 3. The van der Waals surface area contributed by atoms with Crippen LogP contribution in [0.4, 0.5) is 10.1 Å². The number of anilines is 1. The smallest absolute Gasteiger partial charge is 0.308 e. The maximum Gasteiger partial charge on any atom is 0.308 e. The molecule has 11 heteroatoms. The van der Waals surface area contributed by atoms with Gasteiger partial charge in [0.05, 0.1) is 5.69 Å². The van der Waals surface area contributed by atoms with Crippen LogP contribution in [0.5, 0.6) is 0 Å². The van der Waals surface area contributed by atoms with Gasteiger partial charge in [0, 0.05) is 36.8 Å². The summed E-state index contributed by atoms with van der Waals surface area (Å²) >= 11 is 0. The lowest BCUT2D eigenvalue weighted by Gasteiger charge is -2.59. The largest absolute Gasteiger partial charge is 0.435 e. The zero-order valence-corrected chi connectivity index (χ0v) is 23.4. The highest BCUT2D eigenvalue weighted by Gasteiger charge is 2.69. The van der Waals surface area contributed by atoms with Crippen LogP contribution in [0.15, 0.2) is 23.4 Å². The van der Waals surface area contributed by atoms with Crippen molar-refractivity contribution in [1.82, 2.24) is 0 Å². The highest BCUT2D eigenvalue weighted by Crippen LogP contribution is 2.60. The fourth-order valence-electron chi connectivity index (χ4n) is 7.30. The first kappa shape index (κ1) is 27.6. The Labute approximate surface area is 233 Å². The number of benzene rings is 1. The summed E-state index contributed by atoms with van der Waals surface area (Å²) in [5.74, 6) is -1.60. The molecule has 2 bridgehead atoms. The number of amides is 1. The fraction of sp³-hybridized carbons (Fsp3) is 0.690. The van der Waals surface area contributed by atoms with Crippen molar-refractivity contribution in [2.24, 2.45) is 28.8 Å². The van der Waals surface area contributed by atoms with Crippen LogP contribution in [0.2, 0.25) is 0 Å². The van der Waals surface area contributed by atoms with E-state index in [9.17, 15) is 14.0 Å². The summed E-state index contributed by atoms with van der Waals surface area (Å²) in [5, 5.41) is 3.89. The molecule has 4 saturated heterocycles. The monoisotopic (exact) mass is 560 g/mol. The minimum atomic E-state index is -0.904. The van der Waals surface area contributed by atoms with Gasteiger partial charge in [0.25, 0.3) is 5.91 Å². The highest BCUT2D eigenvalue weighted by molar-refractivity contribution is 6.54. The Kier molecular flexibility index (Phi) is 7.13. The van der Waals surface area contributed by atoms with Crippen molar-refractivity contribution in [2.75, 3.05) is 18.1 Å². The van der Waals surface area contributed by atoms with E-state index in [-0.39, 0.29) is 43.0 Å². The van der Waals surface area contributed by atoms with Crippen molar-refractivity contribution in [3.63, 3.8) is 0 Å². The second-order valence-corrected chi connectivity index (χ2v) is 11.8. The molecule has 5 fully saturated rings.